The molecule has 2 heterocycles. The number of piperidine rings is 1. The minimum absolute atomic E-state index is 0.0129. The molecule has 0 atom stereocenters. The van der Waals surface area contributed by atoms with E-state index in [9.17, 15) is 9.59 Å². The number of aromatic nitrogens is 2. The first kappa shape index (κ1) is 17.4. The van der Waals surface area contributed by atoms with Gasteiger partial charge in [-0.25, -0.2) is 4.98 Å². The van der Waals surface area contributed by atoms with E-state index in [1.54, 1.807) is 23.2 Å². The monoisotopic (exact) mass is 358 g/mol. The Morgan fingerprint density at radius 3 is 2.52 bits per heavy atom. The van der Waals surface area contributed by atoms with Crippen molar-refractivity contribution in [2.24, 2.45) is 0 Å². The number of nitrogens with zero attached hydrogens (tertiary/aromatic N) is 3. The van der Waals surface area contributed by atoms with Gasteiger partial charge in [0.1, 0.15) is 5.69 Å². The Hall–Kier alpha value is -2.47. The van der Waals surface area contributed by atoms with Crippen LogP contribution in [-0.4, -0.2) is 45.8 Å². The summed E-state index contributed by atoms with van der Waals surface area (Å²) < 4.78 is 0. The summed E-state index contributed by atoms with van der Waals surface area (Å²) >= 11 is 5.85. The lowest BCUT2D eigenvalue weighted by Crippen LogP contribution is -2.47. The molecule has 1 aromatic carbocycles. The molecular formula is C18H19ClN4O2. The fraction of sp³-hybridized carbons (Fsp3) is 0.333. The minimum Gasteiger partial charge on any atom is -0.353 e. The van der Waals surface area contributed by atoms with Crippen LogP contribution in [0.1, 0.15) is 28.9 Å². The smallest absolute Gasteiger partial charge is 0.274 e. The third-order valence-corrected chi connectivity index (χ3v) is 4.46. The third kappa shape index (κ3) is 4.76. The van der Waals surface area contributed by atoms with Gasteiger partial charge in [0, 0.05) is 36.5 Å². The maximum Gasteiger partial charge on any atom is 0.274 e. The highest BCUT2D eigenvalue weighted by Gasteiger charge is 2.25. The average Bonchev–Trinajstić information content (AvgIpc) is 2.64. The van der Waals surface area contributed by atoms with E-state index in [-0.39, 0.29) is 17.9 Å². The van der Waals surface area contributed by atoms with Crippen molar-refractivity contribution in [1.29, 1.82) is 0 Å². The Kier molecular flexibility index (Phi) is 5.60. The van der Waals surface area contributed by atoms with Crippen LogP contribution < -0.4 is 5.32 Å². The van der Waals surface area contributed by atoms with Crippen molar-refractivity contribution >= 4 is 23.4 Å². The molecule has 2 amide bonds. The van der Waals surface area contributed by atoms with Crippen LogP contribution in [0.2, 0.25) is 5.02 Å². The third-order valence-electron chi connectivity index (χ3n) is 4.21. The molecule has 0 unspecified atom stereocenters. The van der Waals surface area contributed by atoms with Crippen molar-refractivity contribution in [2.45, 2.75) is 25.3 Å². The largest absolute Gasteiger partial charge is 0.353 e. The zero-order chi connectivity index (χ0) is 17.6. The van der Waals surface area contributed by atoms with Gasteiger partial charge in [-0.15, -0.1) is 0 Å². The van der Waals surface area contributed by atoms with Gasteiger partial charge >= 0.3 is 0 Å². The molecule has 1 N–H and O–H groups in total. The summed E-state index contributed by atoms with van der Waals surface area (Å²) in [6.45, 7) is 1.20. The van der Waals surface area contributed by atoms with Crippen molar-refractivity contribution in [2.75, 3.05) is 13.1 Å². The van der Waals surface area contributed by atoms with Crippen LogP contribution in [0, 0.1) is 0 Å². The number of benzene rings is 1. The van der Waals surface area contributed by atoms with E-state index in [1.807, 2.05) is 12.1 Å². The molecule has 0 bridgehead atoms. The fourth-order valence-electron chi connectivity index (χ4n) is 2.86. The van der Waals surface area contributed by atoms with Crippen molar-refractivity contribution < 1.29 is 9.59 Å². The molecule has 0 saturated carbocycles. The molecule has 3 rings (SSSR count). The number of carbonyl (C=O) groups is 2. The van der Waals surface area contributed by atoms with E-state index in [0.29, 0.717) is 30.2 Å². The van der Waals surface area contributed by atoms with Crippen LogP contribution in [0.4, 0.5) is 0 Å². The number of hydrogen-bond donors (Lipinski definition) is 1. The van der Waals surface area contributed by atoms with Crippen molar-refractivity contribution in [3.63, 3.8) is 0 Å². The second-order valence-electron chi connectivity index (χ2n) is 6.03. The van der Waals surface area contributed by atoms with Crippen LogP contribution >= 0.6 is 11.6 Å². The van der Waals surface area contributed by atoms with Gasteiger partial charge < -0.3 is 10.2 Å². The summed E-state index contributed by atoms with van der Waals surface area (Å²) in [4.78, 5) is 34.2. The van der Waals surface area contributed by atoms with Crippen LogP contribution in [-0.2, 0) is 11.2 Å². The van der Waals surface area contributed by atoms with Gasteiger partial charge in [0.15, 0.2) is 0 Å². The average molecular weight is 359 g/mol. The first-order chi connectivity index (χ1) is 12.1. The van der Waals surface area contributed by atoms with Crippen LogP contribution in [0.25, 0.3) is 0 Å². The number of nitrogens with one attached hydrogen (secondary N) is 1. The van der Waals surface area contributed by atoms with Gasteiger partial charge in [0.25, 0.3) is 5.91 Å². The molecule has 6 nitrogen and oxygen atoms in total. The number of amides is 2. The van der Waals surface area contributed by atoms with E-state index in [4.69, 9.17) is 11.6 Å². The molecular weight excluding hydrogens is 340 g/mol. The summed E-state index contributed by atoms with van der Waals surface area (Å²) in [6.07, 6.45) is 6.32. The molecule has 1 aliphatic rings. The number of hydrogen-bond acceptors (Lipinski definition) is 4. The molecule has 0 aliphatic carbocycles. The lowest BCUT2D eigenvalue weighted by Gasteiger charge is -2.32. The highest BCUT2D eigenvalue weighted by molar-refractivity contribution is 6.30. The molecule has 0 spiro atoms. The predicted molar refractivity (Wildman–Crippen MR) is 94.3 cm³/mol. The molecule has 7 heteroatoms. The molecule has 130 valence electrons. The number of likely N-dealkylation sites (tertiary alicyclic amines) is 1. The summed E-state index contributed by atoms with van der Waals surface area (Å²) in [5, 5.41) is 3.70. The van der Waals surface area contributed by atoms with E-state index in [2.05, 4.69) is 15.3 Å². The second kappa shape index (κ2) is 8.07. The van der Waals surface area contributed by atoms with Crippen molar-refractivity contribution in [3.8, 4) is 0 Å². The number of halogens is 1. The van der Waals surface area contributed by atoms with E-state index >= 15 is 0 Å². The summed E-state index contributed by atoms with van der Waals surface area (Å²) in [5.74, 6) is -0.125. The molecule has 25 heavy (non-hydrogen) atoms. The SMILES string of the molecule is O=C(Cc1ccc(Cl)cc1)NC1CCN(C(=O)c2cnccn2)CC1. The lowest BCUT2D eigenvalue weighted by atomic mass is 10.0. The summed E-state index contributed by atoms with van der Waals surface area (Å²) in [6, 6.07) is 7.35. The minimum atomic E-state index is -0.112. The van der Waals surface area contributed by atoms with Gasteiger partial charge in [0.2, 0.25) is 5.91 Å². The first-order valence-electron chi connectivity index (χ1n) is 8.21. The van der Waals surface area contributed by atoms with E-state index < -0.39 is 0 Å². The van der Waals surface area contributed by atoms with Gasteiger partial charge in [-0.3, -0.25) is 14.6 Å². The molecule has 0 radical (unpaired) electrons. The zero-order valence-electron chi connectivity index (χ0n) is 13.7. The van der Waals surface area contributed by atoms with Gasteiger partial charge in [-0.2, -0.15) is 0 Å². The van der Waals surface area contributed by atoms with Gasteiger partial charge in [-0.05, 0) is 30.5 Å². The highest BCUT2D eigenvalue weighted by atomic mass is 35.5. The van der Waals surface area contributed by atoms with Gasteiger partial charge in [-0.1, -0.05) is 23.7 Å². The normalized spacial score (nSPS) is 15.0. The van der Waals surface area contributed by atoms with Crippen LogP contribution in [0.15, 0.2) is 42.9 Å². The Labute approximate surface area is 151 Å². The molecule has 1 saturated heterocycles. The standard InChI is InChI=1S/C18H19ClN4O2/c19-14-3-1-13(2-4-14)11-17(24)22-15-5-9-23(10-6-15)18(25)16-12-20-7-8-21-16/h1-4,7-8,12,15H,5-6,9-11H2,(H,22,24). The Bertz CT molecular complexity index is 729. The second-order valence-corrected chi connectivity index (χ2v) is 6.46. The predicted octanol–water partition coefficient (Wildman–Crippen LogP) is 2.09. The lowest BCUT2D eigenvalue weighted by molar-refractivity contribution is -0.121. The summed E-state index contributed by atoms with van der Waals surface area (Å²) in [5.41, 5.74) is 1.28. The van der Waals surface area contributed by atoms with E-state index in [1.165, 1.54) is 12.4 Å². The Morgan fingerprint density at radius 2 is 1.88 bits per heavy atom. The Morgan fingerprint density at radius 1 is 1.16 bits per heavy atom. The van der Waals surface area contributed by atoms with Crippen molar-refractivity contribution in [1.82, 2.24) is 20.2 Å². The van der Waals surface area contributed by atoms with Crippen molar-refractivity contribution in [3.05, 3.63) is 59.1 Å². The number of carbonyl (C=O) groups excluding carboxylic acids is 2. The van der Waals surface area contributed by atoms with E-state index in [0.717, 1.165) is 18.4 Å². The fourth-order valence-corrected chi connectivity index (χ4v) is 2.99. The van der Waals surface area contributed by atoms with Gasteiger partial charge in [0.05, 0.1) is 12.6 Å². The maximum absolute atomic E-state index is 12.3. The summed E-state index contributed by atoms with van der Waals surface area (Å²) in [7, 11) is 0. The molecule has 2 aromatic rings. The maximum atomic E-state index is 12.3. The molecule has 1 fully saturated rings. The quantitative estimate of drug-likeness (QED) is 0.908. The zero-order valence-corrected chi connectivity index (χ0v) is 14.4. The topological polar surface area (TPSA) is 75.2 Å². The highest BCUT2D eigenvalue weighted by Crippen LogP contribution is 2.14. The number of rotatable bonds is 4. The van der Waals surface area contributed by atoms with Crippen LogP contribution in [0.5, 0.6) is 0 Å². The molecule has 1 aromatic heterocycles. The first-order valence-corrected chi connectivity index (χ1v) is 8.59. The Balaban J connectivity index is 1.46. The molecule has 1 aliphatic heterocycles. The van der Waals surface area contributed by atoms with Crippen LogP contribution in [0.3, 0.4) is 0 Å².